The Morgan fingerprint density at radius 3 is 3.15 bits per heavy atom. The highest BCUT2D eigenvalue weighted by atomic mass is 16.2. The van der Waals surface area contributed by atoms with Crippen LogP contribution in [-0.4, -0.2) is 36.7 Å². The summed E-state index contributed by atoms with van der Waals surface area (Å²) in [6.45, 7) is 1.77. The van der Waals surface area contributed by atoms with Gasteiger partial charge >= 0.3 is 0 Å². The maximum atomic E-state index is 12.0. The SMILES string of the molecule is N#Cc1cccc(NC(=O)CN2CCCC(C=O)C2)c1. The van der Waals surface area contributed by atoms with Gasteiger partial charge in [-0.15, -0.1) is 0 Å². The normalized spacial score (nSPS) is 19.1. The molecule has 0 saturated carbocycles. The van der Waals surface area contributed by atoms with Crippen LogP contribution in [0.25, 0.3) is 0 Å². The topological polar surface area (TPSA) is 73.2 Å². The summed E-state index contributed by atoms with van der Waals surface area (Å²) in [7, 11) is 0. The van der Waals surface area contributed by atoms with Gasteiger partial charge in [-0.2, -0.15) is 5.26 Å². The van der Waals surface area contributed by atoms with E-state index in [4.69, 9.17) is 5.26 Å². The number of carbonyl (C=O) groups excluding carboxylic acids is 2. The second-order valence-corrected chi connectivity index (χ2v) is 5.01. The summed E-state index contributed by atoms with van der Waals surface area (Å²) in [5.41, 5.74) is 1.14. The van der Waals surface area contributed by atoms with Crippen molar-refractivity contribution in [2.24, 2.45) is 5.92 Å². The highest BCUT2D eigenvalue weighted by Crippen LogP contribution is 2.14. The Morgan fingerprint density at radius 2 is 2.40 bits per heavy atom. The summed E-state index contributed by atoms with van der Waals surface area (Å²) in [5, 5.41) is 11.6. The highest BCUT2D eigenvalue weighted by Gasteiger charge is 2.20. The number of hydrogen-bond donors (Lipinski definition) is 1. The van der Waals surface area contributed by atoms with Gasteiger partial charge < -0.3 is 10.1 Å². The van der Waals surface area contributed by atoms with Crippen molar-refractivity contribution in [3.05, 3.63) is 29.8 Å². The lowest BCUT2D eigenvalue weighted by molar-refractivity contribution is -0.119. The van der Waals surface area contributed by atoms with E-state index in [-0.39, 0.29) is 18.4 Å². The summed E-state index contributed by atoms with van der Waals surface area (Å²) >= 11 is 0. The number of nitrogens with one attached hydrogen (secondary N) is 1. The number of carbonyl (C=O) groups is 2. The van der Waals surface area contributed by atoms with Gasteiger partial charge in [-0.3, -0.25) is 9.69 Å². The molecule has 5 heteroatoms. The molecular weight excluding hydrogens is 254 g/mol. The molecule has 0 aliphatic carbocycles. The van der Waals surface area contributed by atoms with Crippen LogP contribution in [0, 0.1) is 17.2 Å². The zero-order valence-corrected chi connectivity index (χ0v) is 11.2. The van der Waals surface area contributed by atoms with Gasteiger partial charge in [0.15, 0.2) is 0 Å². The van der Waals surface area contributed by atoms with Crippen molar-refractivity contribution in [3.63, 3.8) is 0 Å². The first-order chi connectivity index (χ1) is 9.71. The zero-order valence-electron chi connectivity index (χ0n) is 11.2. The number of likely N-dealkylation sites (tertiary alicyclic amines) is 1. The molecule has 0 aromatic heterocycles. The second kappa shape index (κ2) is 6.83. The Bertz CT molecular complexity index is 536. The largest absolute Gasteiger partial charge is 0.325 e. The number of benzene rings is 1. The molecule has 0 spiro atoms. The first kappa shape index (κ1) is 14.2. The van der Waals surface area contributed by atoms with Gasteiger partial charge in [0, 0.05) is 18.2 Å². The van der Waals surface area contributed by atoms with Gasteiger partial charge in [-0.1, -0.05) is 6.07 Å². The smallest absolute Gasteiger partial charge is 0.238 e. The van der Waals surface area contributed by atoms with E-state index in [0.29, 0.717) is 17.8 Å². The van der Waals surface area contributed by atoms with Gasteiger partial charge in [0.2, 0.25) is 5.91 Å². The number of aldehydes is 1. The third kappa shape index (κ3) is 3.90. The Labute approximate surface area is 118 Å². The van der Waals surface area contributed by atoms with E-state index in [2.05, 4.69) is 5.32 Å². The number of hydrogen-bond acceptors (Lipinski definition) is 4. The molecule has 0 radical (unpaired) electrons. The molecule has 1 unspecified atom stereocenters. The van der Waals surface area contributed by atoms with Crippen LogP contribution in [0.3, 0.4) is 0 Å². The monoisotopic (exact) mass is 271 g/mol. The number of anilines is 1. The third-order valence-electron chi connectivity index (χ3n) is 3.38. The van der Waals surface area contributed by atoms with Crippen molar-refractivity contribution in [1.29, 1.82) is 5.26 Å². The molecule has 1 amide bonds. The van der Waals surface area contributed by atoms with E-state index in [0.717, 1.165) is 25.7 Å². The van der Waals surface area contributed by atoms with E-state index < -0.39 is 0 Å². The van der Waals surface area contributed by atoms with Gasteiger partial charge in [0.05, 0.1) is 18.2 Å². The molecule has 1 fully saturated rings. The summed E-state index contributed by atoms with van der Waals surface area (Å²) in [5.74, 6) is -0.0786. The third-order valence-corrected chi connectivity index (χ3v) is 3.38. The van der Waals surface area contributed by atoms with Crippen LogP contribution in [0.2, 0.25) is 0 Å². The van der Waals surface area contributed by atoms with Crippen LogP contribution in [0.15, 0.2) is 24.3 Å². The second-order valence-electron chi connectivity index (χ2n) is 5.01. The first-order valence-corrected chi connectivity index (χ1v) is 6.69. The average molecular weight is 271 g/mol. The molecule has 5 nitrogen and oxygen atoms in total. The van der Waals surface area contributed by atoms with Crippen molar-refractivity contribution in [2.75, 3.05) is 25.0 Å². The Morgan fingerprint density at radius 1 is 1.55 bits per heavy atom. The molecule has 1 aromatic carbocycles. The fourth-order valence-corrected chi connectivity index (χ4v) is 2.42. The van der Waals surface area contributed by atoms with Crippen molar-refractivity contribution in [1.82, 2.24) is 4.90 Å². The fourth-order valence-electron chi connectivity index (χ4n) is 2.42. The van der Waals surface area contributed by atoms with Crippen LogP contribution < -0.4 is 5.32 Å². The van der Waals surface area contributed by atoms with Crippen LogP contribution >= 0.6 is 0 Å². The minimum atomic E-state index is -0.119. The van der Waals surface area contributed by atoms with Crippen LogP contribution in [0.5, 0.6) is 0 Å². The summed E-state index contributed by atoms with van der Waals surface area (Å²) in [4.78, 5) is 24.7. The van der Waals surface area contributed by atoms with Crippen molar-refractivity contribution in [3.8, 4) is 6.07 Å². The molecule has 1 N–H and O–H groups in total. The Balaban J connectivity index is 1.88. The Kier molecular flexibility index (Phi) is 4.85. The van der Waals surface area contributed by atoms with Gasteiger partial charge in [-0.05, 0) is 37.6 Å². The maximum absolute atomic E-state index is 12.0. The van der Waals surface area contributed by atoms with E-state index in [9.17, 15) is 9.59 Å². The molecule has 20 heavy (non-hydrogen) atoms. The fraction of sp³-hybridized carbons (Fsp3) is 0.400. The van der Waals surface area contributed by atoms with E-state index in [1.54, 1.807) is 24.3 Å². The van der Waals surface area contributed by atoms with Gasteiger partial charge in [-0.25, -0.2) is 0 Å². The molecular formula is C15H17N3O2. The molecule has 1 aliphatic rings. The average Bonchev–Trinajstić information content (AvgIpc) is 2.47. The minimum absolute atomic E-state index is 0.0402. The lowest BCUT2D eigenvalue weighted by Gasteiger charge is -2.29. The molecule has 1 saturated heterocycles. The maximum Gasteiger partial charge on any atom is 0.238 e. The van der Waals surface area contributed by atoms with Crippen LogP contribution in [-0.2, 0) is 9.59 Å². The molecule has 1 aliphatic heterocycles. The minimum Gasteiger partial charge on any atom is -0.325 e. The lowest BCUT2D eigenvalue weighted by Crippen LogP contribution is -2.40. The molecule has 104 valence electrons. The standard InChI is InChI=1S/C15H17N3O2/c16-8-12-3-1-5-14(7-12)17-15(20)10-18-6-2-4-13(9-18)11-19/h1,3,5,7,11,13H,2,4,6,9-10H2,(H,17,20). The molecule has 0 bridgehead atoms. The van der Waals surface area contributed by atoms with E-state index in [1.165, 1.54) is 0 Å². The summed E-state index contributed by atoms with van der Waals surface area (Å²) < 4.78 is 0. The van der Waals surface area contributed by atoms with Crippen LogP contribution in [0.4, 0.5) is 5.69 Å². The quantitative estimate of drug-likeness (QED) is 0.840. The molecule has 1 atom stereocenters. The number of amides is 1. The van der Waals surface area contributed by atoms with Gasteiger partial charge in [0.1, 0.15) is 6.29 Å². The number of nitrogens with zero attached hydrogens (tertiary/aromatic N) is 2. The number of nitriles is 1. The summed E-state index contributed by atoms with van der Waals surface area (Å²) in [6, 6.07) is 8.85. The lowest BCUT2D eigenvalue weighted by atomic mass is 10.00. The van der Waals surface area contributed by atoms with E-state index in [1.807, 2.05) is 11.0 Å². The number of rotatable bonds is 4. The predicted molar refractivity (Wildman–Crippen MR) is 75.0 cm³/mol. The zero-order chi connectivity index (χ0) is 14.4. The summed E-state index contributed by atoms with van der Waals surface area (Å²) in [6.07, 6.45) is 2.83. The van der Waals surface area contributed by atoms with Gasteiger partial charge in [0.25, 0.3) is 0 Å². The highest BCUT2D eigenvalue weighted by molar-refractivity contribution is 5.92. The molecule has 2 rings (SSSR count). The Hall–Kier alpha value is -2.19. The first-order valence-electron chi connectivity index (χ1n) is 6.69. The number of piperidine rings is 1. The molecule has 1 aromatic rings. The van der Waals surface area contributed by atoms with Crippen molar-refractivity contribution >= 4 is 17.9 Å². The predicted octanol–water partition coefficient (Wildman–Crippen LogP) is 1.41. The van der Waals surface area contributed by atoms with Crippen LogP contribution in [0.1, 0.15) is 18.4 Å². The van der Waals surface area contributed by atoms with E-state index >= 15 is 0 Å². The van der Waals surface area contributed by atoms with Crippen molar-refractivity contribution < 1.29 is 9.59 Å². The van der Waals surface area contributed by atoms with Crippen molar-refractivity contribution in [2.45, 2.75) is 12.8 Å². The molecule has 1 heterocycles.